The third-order valence-electron chi connectivity index (χ3n) is 3.69. The standard InChI is InChI=1S/C11H22N2O3S/c1-9-4-2-3-7-13(9)17(15,16)12-8-11(14)10-5-6-10/h9-12,14H,2-8H2,1H3. The van der Waals surface area contributed by atoms with Gasteiger partial charge >= 0.3 is 0 Å². The van der Waals surface area contributed by atoms with Gasteiger partial charge in [0, 0.05) is 19.1 Å². The van der Waals surface area contributed by atoms with Gasteiger partial charge < -0.3 is 5.11 Å². The molecule has 2 atom stereocenters. The average Bonchev–Trinajstić information content (AvgIpc) is 3.10. The summed E-state index contributed by atoms with van der Waals surface area (Å²) in [5, 5.41) is 9.67. The molecular formula is C11H22N2O3S. The van der Waals surface area contributed by atoms with Crippen LogP contribution in [0.5, 0.6) is 0 Å². The number of hydrogen-bond acceptors (Lipinski definition) is 3. The van der Waals surface area contributed by atoms with Crippen LogP contribution in [0.1, 0.15) is 39.0 Å². The zero-order valence-electron chi connectivity index (χ0n) is 10.3. The third-order valence-corrected chi connectivity index (χ3v) is 5.38. The van der Waals surface area contributed by atoms with Crippen LogP contribution < -0.4 is 4.72 Å². The molecule has 0 bridgehead atoms. The average molecular weight is 262 g/mol. The van der Waals surface area contributed by atoms with E-state index in [-0.39, 0.29) is 12.6 Å². The Morgan fingerprint density at radius 3 is 2.65 bits per heavy atom. The molecule has 1 saturated heterocycles. The van der Waals surface area contributed by atoms with Crippen molar-refractivity contribution in [3.8, 4) is 0 Å². The Morgan fingerprint density at radius 1 is 1.35 bits per heavy atom. The summed E-state index contributed by atoms with van der Waals surface area (Å²) >= 11 is 0. The van der Waals surface area contributed by atoms with E-state index in [9.17, 15) is 13.5 Å². The molecule has 5 nitrogen and oxygen atoms in total. The maximum absolute atomic E-state index is 12.0. The molecule has 1 aliphatic heterocycles. The Kier molecular flexibility index (Phi) is 4.07. The molecular weight excluding hydrogens is 240 g/mol. The lowest BCUT2D eigenvalue weighted by Gasteiger charge is -2.32. The van der Waals surface area contributed by atoms with Crippen molar-refractivity contribution >= 4 is 10.2 Å². The Labute approximate surface area is 103 Å². The van der Waals surface area contributed by atoms with Gasteiger partial charge in [0.1, 0.15) is 0 Å². The van der Waals surface area contributed by atoms with Gasteiger partial charge in [0.2, 0.25) is 0 Å². The number of aliphatic hydroxyl groups is 1. The highest BCUT2D eigenvalue weighted by Crippen LogP contribution is 2.32. The van der Waals surface area contributed by atoms with Gasteiger partial charge in [0.25, 0.3) is 10.2 Å². The number of nitrogens with one attached hydrogen (secondary N) is 1. The van der Waals surface area contributed by atoms with Crippen molar-refractivity contribution in [1.29, 1.82) is 0 Å². The van der Waals surface area contributed by atoms with Gasteiger partial charge in [-0.25, -0.2) is 0 Å². The van der Waals surface area contributed by atoms with Crippen molar-refractivity contribution in [3.63, 3.8) is 0 Å². The van der Waals surface area contributed by atoms with E-state index in [0.717, 1.165) is 32.1 Å². The highest BCUT2D eigenvalue weighted by Gasteiger charge is 2.33. The lowest BCUT2D eigenvalue weighted by atomic mass is 10.1. The van der Waals surface area contributed by atoms with Crippen molar-refractivity contribution < 1.29 is 13.5 Å². The summed E-state index contributed by atoms with van der Waals surface area (Å²) in [6.45, 7) is 2.68. The molecule has 0 aromatic rings. The Balaban J connectivity index is 1.88. The van der Waals surface area contributed by atoms with E-state index in [4.69, 9.17) is 0 Å². The van der Waals surface area contributed by atoms with Crippen LogP contribution in [0.15, 0.2) is 0 Å². The van der Waals surface area contributed by atoms with Crippen LogP contribution in [0.4, 0.5) is 0 Å². The van der Waals surface area contributed by atoms with Crippen LogP contribution in [0.25, 0.3) is 0 Å². The first-order chi connectivity index (χ1) is 8.00. The first-order valence-electron chi connectivity index (χ1n) is 6.45. The minimum Gasteiger partial charge on any atom is -0.391 e. The molecule has 17 heavy (non-hydrogen) atoms. The molecule has 0 radical (unpaired) electrons. The molecule has 6 heteroatoms. The minimum absolute atomic E-state index is 0.0688. The predicted octanol–water partition coefficient (Wildman–Crippen LogP) is 0.466. The lowest BCUT2D eigenvalue weighted by Crippen LogP contribution is -2.49. The zero-order valence-corrected chi connectivity index (χ0v) is 11.1. The first kappa shape index (κ1) is 13.3. The summed E-state index contributed by atoms with van der Waals surface area (Å²) in [6.07, 6.45) is 4.46. The summed E-state index contributed by atoms with van der Waals surface area (Å²) in [4.78, 5) is 0. The molecule has 0 aromatic carbocycles. The molecule has 1 saturated carbocycles. The highest BCUT2D eigenvalue weighted by atomic mass is 32.2. The van der Waals surface area contributed by atoms with E-state index in [0.29, 0.717) is 12.5 Å². The molecule has 1 aliphatic carbocycles. The Hall–Kier alpha value is -0.170. The van der Waals surface area contributed by atoms with Gasteiger partial charge in [0.05, 0.1) is 6.10 Å². The number of rotatable bonds is 5. The second kappa shape index (κ2) is 5.22. The minimum atomic E-state index is -3.41. The molecule has 2 fully saturated rings. The third kappa shape index (κ3) is 3.40. The van der Waals surface area contributed by atoms with Gasteiger partial charge in [0.15, 0.2) is 0 Å². The summed E-state index contributed by atoms with van der Waals surface area (Å²) in [6, 6.07) is 0.0688. The lowest BCUT2D eigenvalue weighted by molar-refractivity contribution is 0.153. The van der Waals surface area contributed by atoms with Gasteiger partial charge in [-0.1, -0.05) is 6.42 Å². The highest BCUT2D eigenvalue weighted by molar-refractivity contribution is 7.87. The Bertz CT molecular complexity index is 354. The smallest absolute Gasteiger partial charge is 0.279 e. The zero-order chi connectivity index (χ0) is 12.5. The molecule has 0 amide bonds. The van der Waals surface area contributed by atoms with Crippen LogP contribution in [-0.4, -0.2) is 43.1 Å². The van der Waals surface area contributed by atoms with E-state index >= 15 is 0 Å². The SMILES string of the molecule is CC1CCCCN1S(=O)(=O)NCC(O)C1CC1. The molecule has 1 heterocycles. The first-order valence-corrected chi connectivity index (χ1v) is 7.89. The summed E-state index contributed by atoms with van der Waals surface area (Å²) in [5.41, 5.74) is 0. The number of piperidine rings is 1. The van der Waals surface area contributed by atoms with Crippen molar-refractivity contribution in [2.75, 3.05) is 13.1 Å². The normalized spacial score (nSPS) is 29.2. The maximum atomic E-state index is 12.0. The van der Waals surface area contributed by atoms with Gasteiger partial charge in [-0.15, -0.1) is 0 Å². The molecule has 2 N–H and O–H groups in total. The van der Waals surface area contributed by atoms with Crippen LogP contribution in [0, 0.1) is 5.92 Å². The second-order valence-corrected chi connectivity index (χ2v) is 6.92. The van der Waals surface area contributed by atoms with E-state index in [1.807, 2.05) is 6.92 Å². The number of hydrogen-bond donors (Lipinski definition) is 2. The van der Waals surface area contributed by atoms with E-state index in [2.05, 4.69) is 4.72 Å². The summed E-state index contributed by atoms with van der Waals surface area (Å²) < 4.78 is 28.1. The van der Waals surface area contributed by atoms with Crippen molar-refractivity contribution in [3.05, 3.63) is 0 Å². The van der Waals surface area contributed by atoms with Gasteiger partial charge in [-0.05, 0) is 38.5 Å². The second-order valence-electron chi connectivity index (χ2n) is 5.21. The fraction of sp³-hybridized carbons (Fsp3) is 1.00. The van der Waals surface area contributed by atoms with E-state index in [1.54, 1.807) is 0 Å². The largest absolute Gasteiger partial charge is 0.391 e. The number of aliphatic hydroxyl groups excluding tert-OH is 1. The van der Waals surface area contributed by atoms with Crippen LogP contribution in [0.3, 0.4) is 0 Å². The van der Waals surface area contributed by atoms with Gasteiger partial charge in [-0.3, -0.25) is 0 Å². The maximum Gasteiger partial charge on any atom is 0.279 e. The molecule has 2 rings (SSSR count). The molecule has 0 aromatic heterocycles. The fourth-order valence-electron chi connectivity index (χ4n) is 2.35. The quantitative estimate of drug-likeness (QED) is 0.756. The summed E-state index contributed by atoms with van der Waals surface area (Å²) in [5.74, 6) is 0.302. The predicted molar refractivity (Wildman–Crippen MR) is 65.7 cm³/mol. The monoisotopic (exact) mass is 262 g/mol. The fourth-order valence-corrected chi connectivity index (χ4v) is 3.85. The van der Waals surface area contributed by atoms with Crippen LogP contribution in [0.2, 0.25) is 0 Å². The van der Waals surface area contributed by atoms with Gasteiger partial charge in [-0.2, -0.15) is 17.4 Å². The molecule has 2 aliphatic rings. The van der Waals surface area contributed by atoms with Crippen LogP contribution >= 0.6 is 0 Å². The van der Waals surface area contributed by atoms with Crippen molar-refractivity contribution in [2.24, 2.45) is 5.92 Å². The summed E-state index contributed by atoms with van der Waals surface area (Å²) in [7, 11) is -3.41. The molecule has 2 unspecified atom stereocenters. The molecule has 100 valence electrons. The van der Waals surface area contributed by atoms with Crippen molar-refractivity contribution in [2.45, 2.75) is 51.2 Å². The van der Waals surface area contributed by atoms with Crippen LogP contribution in [-0.2, 0) is 10.2 Å². The number of nitrogens with zero attached hydrogens (tertiary/aromatic N) is 1. The topological polar surface area (TPSA) is 69.6 Å². The van der Waals surface area contributed by atoms with E-state index < -0.39 is 16.3 Å². The Morgan fingerprint density at radius 2 is 2.06 bits per heavy atom. The van der Waals surface area contributed by atoms with E-state index in [1.165, 1.54) is 4.31 Å². The molecule has 0 spiro atoms. The van der Waals surface area contributed by atoms with Crippen molar-refractivity contribution in [1.82, 2.24) is 9.03 Å².